The Labute approximate surface area is 114 Å². The first kappa shape index (κ1) is 12.7. The van der Waals surface area contributed by atoms with E-state index in [4.69, 9.17) is 23.2 Å². The highest BCUT2D eigenvalue weighted by Crippen LogP contribution is 2.27. The molecule has 0 aliphatic carbocycles. The smallest absolute Gasteiger partial charge is 0.141 e. The fraction of sp³-hybridized carbons (Fsp3) is 0.0769. The molecule has 0 heterocycles. The van der Waals surface area contributed by atoms with Crippen LogP contribution in [0.3, 0.4) is 0 Å². The van der Waals surface area contributed by atoms with Crippen LogP contribution in [0.1, 0.15) is 5.56 Å². The Morgan fingerprint density at radius 3 is 2.59 bits per heavy atom. The van der Waals surface area contributed by atoms with Gasteiger partial charge in [0.2, 0.25) is 0 Å². The Hall–Kier alpha value is -0.700. The van der Waals surface area contributed by atoms with Crippen LogP contribution >= 0.6 is 35.0 Å². The van der Waals surface area contributed by atoms with Gasteiger partial charge in [0, 0.05) is 15.7 Å². The van der Waals surface area contributed by atoms with Gasteiger partial charge in [-0.05, 0) is 35.9 Å². The maximum absolute atomic E-state index is 13.0. The minimum atomic E-state index is -0.390. The van der Waals surface area contributed by atoms with Crippen molar-refractivity contribution in [1.29, 1.82) is 0 Å². The summed E-state index contributed by atoms with van der Waals surface area (Å²) in [4.78, 5) is 0.941. The number of benzene rings is 2. The number of thioether (sulfide) groups is 1. The first-order chi connectivity index (χ1) is 8.15. The van der Waals surface area contributed by atoms with Gasteiger partial charge in [0.25, 0.3) is 0 Å². The van der Waals surface area contributed by atoms with E-state index in [9.17, 15) is 4.39 Å². The third-order valence-corrected chi connectivity index (χ3v) is 3.78. The van der Waals surface area contributed by atoms with E-state index in [1.807, 2.05) is 24.3 Å². The maximum atomic E-state index is 13.0. The van der Waals surface area contributed by atoms with Gasteiger partial charge in [-0.25, -0.2) is 4.39 Å². The van der Waals surface area contributed by atoms with Crippen molar-refractivity contribution in [3.8, 4) is 0 Å². The molecule has 0 nitrogen and oxygen atoms in total. The minimum absolute atomic E-state index is 0.154. The summed E-state index contributed by atoms with van der Waals surface area (Å²) in [6.07, 6.45) is 0. The lowest BCUT2D eigenvalue weighted by molar-refractivity contribution is 0.627. The number of hydrogen-bond donors (Lipinski definition) is 0. The summed E-state index contributed by atoms with van der Waals surface area (Å²) in [6, 6.07) is 12.4. The molecule has 0 radical (unpaired) electrons. The lowest BCUT2D eigenvalue weighted by Gasteiger charge is -2.03. The first-order valence-electron chi connectivity index (χ1n) is 4.97. The molecule has 2 aromatic rings. The lowest BCUT2D eigenvalue weighted by atomic mass is 10.2. The van der Waals surface area contributed by atoms with Crippen LogP contribution in [0.25, 0.3) is 0 Å². The van der Waals surface area contributed by atoms with E-state index in [0.717, 1.165) is 21.2 Å². The van der Waals surface area contributed by atoms with Gasteiger partial charge in [0.15, 0.2) is 0 Å². The lowest BCUT2D eigenvalue weighted by Crippen LogP contribution is -1.82. The summed E-state index contributed by atoms with van der Waals surface area (Å²) in [5.41, 5.74) is 1.13. The molecule has 88 valence electrons. The van der Waals surface area contributed by atoms with Crippen molar-refractivity contribution in [3.63, 3.8) is 0 Å². The predicted molar refractivity (Wildman–Crippen MR) is 72.4 cm³/mol. The third kappa shape index (κ3) is 3.63. The zero-order valence-corrected chi connectivity index (χ0v) is 11.1. The fourth-order valence-electron chi connectivity index (χ4n) is 1.36. The second kappa shape index (κ2) is 5.76. The Kier molecular flexibility index (Phi) is 4.32. The molecule has 0 saturated carbocycles. The van der Waals surface area contributed by atoms with Crippen molar-refractivity contribution in [2.75, 3.05) is 0 Å². The summed E-state index contributed by atoms with van der Waals surface area (Å²) in [7, 11) is 0. The first-order valence-corrected chi connectivity index (χ1v) is 6.71. The van der Waals surface area contributed by atoms with Gasteiger partial charge < -0.3 is 0 Å². The van der Waals surface area contributed by atoms with E-state index in [0.29, 0.717) is 0 Å². The molecule has 0 amide bonds. The van der Waals surface area contributed by atoms with Crippen molar-refractivity contribution in [2.45, 2.75) is 10.6 Å². The van der Waals surface area contributed by atoms with Gasteiger partial charge in [-0.3, -0.25) is 0 Å². The Morgan fingerprint density at radius 2 is 1.88 bits per heavy atom. The third-order valence-electron chi connectivity index (χ3n) is 2.19. The largest absolute Gasteiger partial charge is 0.205 e. The highest BCUT2D eigenvalue weighted by molar-refractivity contribution is 7.98. The van der Waals surface area contributed by atoms with Gasteiger partial charge in [-0.15, -0.1) is 11.8 Å². The molecule has 0 fully saturated rings. The van der Waals surface area contributed by atoms with E-state index in [1.54, 1.807) is 23.9 Å². The van der Waals surface area contributed by atoms with E-state index in [1.165, 1.54) is 6.07 Å². The van der Waals surface area contributed by atoms with Gasteiger partial charge in [0.05, 0.1) is 5.02 Å². The highest BCUT2D eigenvalue weighted by atomic mass is 35.5. The van der Waals surface area contributed by atoms with E-state index >= 15 is 0 Å². The van der Waals surface area contributed by atoms with E-state index < -0.39 is 5.82 Å². The van der Waals surface area contributed by atoms with Crippen molar-refractivity contribution in [3.05, 3.63) is 63.9 Å². The molecule has 2 rings (SSSR count). The highest BCUT2D eigenvalue weighted by Gasteiger charge is 2.02. The standard InChI is InChI=1S/C13H9Cl2FS/c14-10-3-1-2-9(6-10)8-17-11-4-5-13(16)12(15)7-11/h1-7H,8H2. The summed E-state index contributed by atoms with van der Waals surface area (Å²) < 4.78 is 13.0. The fourth-order valence-corrected chi connectivity index (χ4v) is 2.70. The van der Waals surface area contributed by atoms with Crippen LogP contribution in [0, 0.1) is 5.82 Å². The molecular formula is C13H9Cl2FS. The molecule has 4 heteroatoms. The van der Waals surface area contributed by atoms with Gasteiger partial charge in [0.1, 0.15) is 5.82 Å². The average molecular weight is 287 g/mol. The van der Waals surface area contributed by atoms with Crippen LogP contribution in [0.15, 0.2) is 47.4 Å². The Morgan fingerprint density at radius 1 is 1.06 bits per heavy atom. The minimum Gasteiger partial charge on any atom is -0.205 e. The molecule has 0 aromatic heterocycles. The quantitative estimate of drug-likeness (QED) is 0.679. The molecule has 2 aromatic carbocycles. The van der Waals surface area contributed by atoms with Crippen LogP contribution in [-0.2, 0) is 5.75 Å². The SMILES string of the molecule is Fc1ccc(SCc2cccc(Cl)c2)cc1Cl. The molecule has 0 unspecified atom stereocenters. The summed E-state index contributed by atoms with van der Waals surface area (Å²) in [5.74, 6) is 0.390. The number of halogens is 3. The topological polar surface area (TPSA) is 0 Å². The Balaban J connectivity index is 2.05. The van der Waals surface area contributed by atoms with Crippen LogP contribution in [0.4, 0.5) is 4.39 Å². The van der Waals surface area contributed by atoms with Gasteiger partial charge in [-0.1, -0.05) is 35.3 Å². The molecule has 0 atom stereocenters. The summed E-state index contributed by atoms with van der Waals surface area (Å²) in [6.45, 7) is 0. The molecular weight excluding hydrogens is 278 g/mol. The van der Waals surface area contributed by atoms with Crippen LogP contribution in [0.5, 0.6) is 0 Å². The molecule has 0 aliphatic rings. The van der Waals surface area contributed by atoms with Crippen molar-refractivity contribution < 1.29 is 4.39 Å². The van der Waals surface area contributed by atoms with Gasteiger partial charge >= 0.3 is 0 Å². The summed E-state index contributed by atoms with van der Waals surface area (Å²) in [5, 5.41) is 0.876. The molecule has 17 heavy (non-hydrogen) atoms. The zero-order chi connectivity index (χ0) is 12.3. The maximum Gasteiger partial charge on any atom is 0.141 e. The van der Waals surface area contributed by atoms with Crippen molar-refractivity contribution in [1.82, 2.24) is 0 Å². The second-order valence-corrected chi connectivity index (χ2v) is 5.39. The molecule has 0 aliphatic heterocycles. The van der Waals surface area contributed by atoms with Crippen molar-refractivity contribution in [2.24, 2.45) is 0 Å². The van der Waals surface area contributed by atoms with Crippen LogP contribution in [-0.4, -0.2) is 0 Å². The van der Waals surface area contributed by atoms with Crippen LogP contribution < -0.4 is 0 Å². The normalized spacial score (nSPS) is 10.5. The number of hydrogen-bond acceptors (Lipinski definition) is 1. The molecule has 0 bridgehead atoms. The molecule has 0 spiro atoms. The van der Waals surface area contributed by atoms with E-state index in [2.05, 4.69) is 0 Å². The monoisotopic (exact) mass is 286 g/mol. The second-order valence-electron chi connectivity index (χ2n) is 3.49. The summed E-state index contributed by atoms with van der Waals surface area (Å²) >= 11 is 13.2. The average Bonchev–Trinajstić information content (AvgIpc) is 2.31. The van der Waals surface area contributed by atoms with Gasteiger partial charge in [-0.2, -0.15) is 0 Å². The Bertz CT molecular complexity index is 529. The predicted octanol–water partition coefficient (Wildman–Crippen LogP) is 5.42. The van der Waals surface area contributed by atoms with Crippen molar-refractivity contribution >= 4 is 35.0 Å². The van der Waals surface area contributed by atoms with Crippen LogP contribution in [0.2, 0.25) is 10.0 Å². The van der Waals surface area contributed by atoms with E-state index in [-0.39, 0.29) is 5.02 Å². The molecule has 0 saturated heterocycles. The molecule has 0 N–H and O–H groups in total. The zero-order valence-electron chi connectivity index (χ0n) is 8.79. The number of rotatable bonds is 3.